The standard InChI is InChI=1S/C35H36N2O5S/c1-25(2)18-19-37(43(40,41)33-15-9-13-28-12-7-8-14-30(28)33)23-34(38)36(21-27-10-5-4-6-11-27)22-29-24-42-32-17-16-26(3)20-31(32)35(29)39/h4-17,20,24-25H,18-19,21-23H2,1-3H3. The van der Waals surface area contributed by atoms with Crippen LogP contribution >= 0.6 is 0 Å². The molecular weight excluding hydrogens is 560 g/mol. The summed E-state index contributed by atoms with van der Waals surface area (Å²) in [7, 11) is -4.03. The predicted molar refractivity (Wildman–Crippen MR) is 170 cm³/mol. The van der Waals surface area contributed by atoms with Crippen LogP contribution in [0.1, 0.15) is 37.0 Å². The summed E-state index contributed by atoms with van der Waals surface area (Å²) in [6.45, 7) is 5.96. The monoisotopic (exact) mass is 596 g/mol. The molecule has 0 N–H and O–H groups in total. The van der Waals surface area contributed by atoms with Gasteiger partial charge in [0.15, 0.2) is 5.43 Å². The number of amides is 1. The number of nitrogens with zero attached hydrogens (tertiary/aromatic N) is 2. The van der Waals surface area contributed by atoms with E-state index in [4.69, 9.17) is 4.42 Å². The zero-order chi connectivity index (χ0) is 30.6. The van der Waals surface area contributed by atoms with Crippen LogP contribution in [0, 0.1) is 12.8 Å². The molecule has 0 fully saturated rings. The van der Waals surface area contributed by atoms with Crippen molar-refractivity contribution in [2.24, 2.45) is 5.92 Å². The van der Waals surface area contributed by atoms with Gasteiger partial charge in [0.25, 0.3) is 0 Å². The lowest BCUT2D eigenvalue weighted by atomic mass is 10.1. The molecule has 5 rings (SSSR count). The molecule has 7 nitrogen and oxygen atoms in total. The molecule has 0 bridgehead atoms. The van der Waals surface area contributed by atoms with Crippen molar-refractivity contribution in [3.8, 4) is 0 Å². The van der Waals surface area contributed by atoms with E-state index in [2.05, 4.69) is 0 Å². The summed E-state index contributed by atoms with van der Waals surface area (Å²) in [5.74, 6) is -0.174. The van der Waals surface area contributed by atoms with Crippen molar-refractivity contribution in [2.75, 3.05) is 13.1 Å². The first kappa shape index (κ1) is 30.2. The Morgan fingerprint density at radius 3 is 2.35 bits per heavy atom. The number of hydrogen-bond acceptors (Lipinski definition) is 5. The predicted octanol–water partition coefficient (Wildman–Crippen LogP) is 6.52. The molecule has 43 heavy (non-hydrogen) atoms. The van der Waals surface area contributed by atoms with Gasteiger partial charge in [-0.25, -0.2) is 8.42 Å². The van der Waals surface area contributed by atoms with E-state index >= 15 is 0 Å². The molecule has 5 aromatic rings. The summed E-state index contributed by atoms with van der Waals surface area (Å²) < 4.78 is 35.4. The smallest absolute Gasteiger partial charge is 0.244 e. The lowest BCUT2D eigenvalue weighted by molar-refractivity contribution is -0.132. The Morgan fingerprint density at radius 2 is 1.58 bits per heavy atom. The van der Waals surface area contributed by atoms with Crippen molar-refractivity contribution in [1.29, 1.82) is 0 Å². The molecule has 0 spiro atoms. The van der Waals surface area contributed by atoms with Gasteiger partial charge in [-0.3, -0.25) is 9.59 Å². The first-order valence-electron chi connectivity index (χ1n) is 14.4. The molecule has 0 aliphatic heterocycles. The Bertz CT molecular complexity index is 1910. The lowest BCUT2D eigenvalue weighted by Crippen LogP contribution is -2.43. The van der Waals surface area contributed by atoms with Crippen LogP contribution in [-0.4, -0.2) is 36.6 Å². The van der Waals surface area contributed by atoms with Gasteiger partial charge in [-0.05, 0) is 48.4 Å². The van der Waals surface area contributed by atoms with E-state index in [1.165, 1.54) is 15.5 Å². The number of rotatable bonds is 11. The highest BCUT2D eigenvalue weighted by atomic mass is 32.2. The zero-order valence-corrected chi connectivity index (χ0v) is 25.5. The van der Waals surface area contributed by atoms with Crippen LogP contribution in [0.15, 0.2) is 111 Å². The second-order valence-electron chi connectivity index (χ2n) is 11.3. The Hall–Kier alpha value is -4.27. The topological polar surface area (TPSA) is 87.9 Å². The van der Waals surface area contributed by atoms with Crippen LogP contribution in [0.5, 0.6) is 0 Å². The average Bonchev–Trinajstić information content (AvgIpc) is 3.00. The van der Waals surface area contributed by atoms with Gasteiger partial charge in [0.05, 0.1) is 35.2 Å². The Morgan fingerprint density at radius 1 is 0.860 bits per heavy atom. The van der Waals surface area contributed by atoms with Crippen LogP contribution in [-0.2, 0) is 27.9 Å². The average molecular weight is 597 g/mol. The van der Waals surface area contributed by atoms with Crippen LogP contribution < -0.4 is 5.43 Å². The maximum absolute atomic E-state index is 14.2. The molecular formula is C35H36N2O5S. The summed E-state index contributed by atoms with van der Waals surface area (Å²) in [6, 6.07) is 27.4. The fraction of sp³-hybridized carbons (Fsp3) is 0.257. The third kappa shape index (κ3) is 6.87. The van der Waals surface area contributed by atoms with Gasteiger partial charge in [-0.2, -0.15) is 4.31 Å². The molecule has 1 aromatic heterocycles. The van der Waals surface area contributed by atoms with E-state index in [1.807, 2.05) is 81.4 Å². The second-order valence-corrected chi connectivity index (χ2v) is 13.2. The number of hydrogen-bond donors (Lipinski definition) is 0. The first-order valence-corrected chi connectivity index (χ1v) is 15.9. The maximum Gasteiger partial charge on any atom is 0.244 e. The SMILES string of the molecule is Cc1ccc2occ(CN(Cc3ccccc3)C(=O)CN(CCC(C)C)S(=O)(=O)c3cccc4ccccc34)c(=O)c2c1. The largest absolute Gasteiger partial charge is 0.464 e. The number of fused-ring (bicyclic) bond motifs is 2. The van der Waals surface area contributed by atoms with Gasteiger partial charge >= 0.3 is 0 Å². The van der Waals surface area contributed by atoms with Gasteiger partial charge in [0, 0.05) is 18.5 Å². The Kier molecular flexibility index (Phi) is 9.08. The van der Waals surface area contributed by atoms with E-state index in [1.54, 1.807) is 30.3 Å². The first-order chi connectivity index (χ1) is 20.6. The maximum atomic E-state index is 14.2. The fourth-order valence-corrected chi connectivity index (χ4v) is 6.75. The second kappa shape index (κ2) is 12.9. The van der Waals surface area contributed by atoms with Crippen molar-refractivity contribution in [2.45, 2.75) is 45.2 Å². The summed E-state index contributed by atoms with van der Waals surface area (Å²) in [5.41, 5.74) is 2.38. The summed E-state index contributed by atoms with van der Waals surface area (Å²) in [4.78, 5) is 29.2. The van der Waals surface area contributed by atoms with Crippen LogP contribution in [0.2, 0.25) is 0 Å². The number of benzene rings is 4. The van der Waals surface area contributed by atoms with Gasteiger partial charge in [-0.1, -0.05) is 92.2 Å². The van der Waals surface area contributed by atoms with Crippen LogP contribution in [0.3, 0.4) is 0 Å². The highest BCUT2D eigenvalue weighted by molar-refractivity contribution is 7.89. The summed E-state index contributed by atoms with van der Waals surface area (Å²) in [6.07, 6.45) is 1.98. The summed E-state index contributed by atoms with van der Waals surface area (Å²) >= 11 is 0. The minimum Gasteiger partial charge on any atom is -0.464 e. The summed E-state index contributed by atoms with van der Waals surface area (Å²) in [5, 5.41) is 1.86. The highest BCUT2D eigenvalue weighted by Crippen LogP contribution is 2.27. The normalized spacial score (nSPS) is 11.9. The van der Waals surface area contributed by atoms with E-state index in [0.717, 1.165) is 16.5 Å². The van der Waals surface area contributed by atoms with Gasteiger partial charge in [0.2, 0.25) is 15.9 Å². The quantitative estimate of drug-likeness (QED) is 0.173. The van der Waals surface area contributed by atoms with Crippen molar-refractivity contribution in [3.05, 3.63) is 124 Å². The number of carbonyl (C=O) groups excluding carboxylic acids is 1. The third-order valence-electron chi connectivity index (χ3n) is 7.56. The van der Waals surface area contributed by atoms with Crippen molar-refractivity contribution < 1.29 is 17.6 Å². The van der Waals surface area contributed by atoms with Crippen molar-refractivity contribution in [1.82, 2.24) is 9.21 Å². The molecule has 0 aliphatic rings. The molecule has 8 heteroatoms. The molecule has 222 valence electrons. The van der Waals surface area contributed by atoms with Gasteiger partial charge < -0.3 is 9.32 Å². The van der Waals surface area contributed by atoms with E-state index in [-0.39, 0.29) is 42.4 Å². The van der Waals surface area contributed by atoms with Crippen molar-refractivity contribution in [3.63, 3.8) is 0 Å². The molecule has 0 unspecified atom stereocenters. The molecule has 0 radical (unpaired) electrons. The highest BCUT2D eigenvalue weighted by Gasteiger charge is 2.30. The Balaban J connectivity index is 1.51. The fourth-order valence-electron chi connectivity index (χ4n) is 5.13. The van der Waals surface area contributed by atoms with E-state index < -0.39 is 15.9 Å². The minimum atomic E-state index is -4.03. The van der Waals surface area contributed by atoms with E-state index in [0.29, 0.717) is 28.3 Å². The van der Waals surface area contributed by atoms with Crippen LogP contribution in [0.4, 0.5) is 0 Å². The molecule has 0 atom stereocenters. The third-order valence-corrected chi connectivity index (χ3v) is 9.47. The van der Waals surface area contributed by atoms with Crippen molar-refractivity contribution >= 4 is 37.7 Å². The number of sulfonamides is 1. The minimum absolute atomic E-state index is 0.0215. The molecule has 1 amide bonds. The molecule has 0 saturated carbocycles. The van der Waals surface area contributed by atoms with Gasteiger partial charge in [0.1, 0.15) is 5.58 Å². The lowest BCUT2D eigenvalue weighted by Gasteiger charge is -2.28. The van der Waals surface area contributed by atoms with Crippen LogP contribution in [0.25, 0.3) is 21.7 Å². The molecule has 0 saturated heterocycles. The van der Waals surface area contributed by atoms with Gasteiger partial charge in [-0.15, -0.1) is 0 Å². The molecule has 4 aromatic carbocycles. The zero-order valence-electron chi connectivity index (χ0n) is 24.7. The molecule has 0 aliphatic carbocycles. The number of carbonyl (C=O) groups is 1. The van der Waals surface area contributed by atoms with E-state index in [9.17, 15) is 18.0 Å². The Labute approximate surface area is 252 Å². The molecule has 1 heterocycles. The number of aryl methyl sites for hydroxylation is 1.